The lowest BCUT2D eigenvalue weighted by molar-refractivity contribution is 0.113. The Kier molecular flexibility index (Phi) is 5.66. The summed E-state index contributed by atoms with van der Waals surface area (Å²) in [4.78, 5) is 10.7. The number of halogens is 2. The molecule has 0 amide bonds. The summed E-state index contributed by atoms with van der Waals surface area (Å²) < 4.78 is 6.86. The molecular formula is C21H21Cl2N5O2S. The van der Waals surface area contributed by atoms with E-state index in [1.807, 2.05) is 12.1 Å². The normalized spacial score (nSPS) is 16.9. The van der Waals surface area contributed by atoms with Gasteiger partial charge in [0.1, 0.15) is 0 Å². The van der Waals surface area contributed by atoms with Crippen molar-refractivity contribution in [1.82, 2.24) is 24.4 Å². The molecule has 0 spiro atoms. The number of aromatic nitrogens is 3. The summed E-state index contributed by atoms with van der Waals surface area (Å²) in [5.74, 6) is 1.07. The lowest BCUT2D eigenvalue weighted by atomic mass is 10.0. The molecule has 1 fully saturated rings. The van der Waals surface area contributed by atoms with Crippen LogP contribution in [0.4, 0.5) is 0 Å². The predicted octanol–water partition coefficient (Wildman–Crippen LogP) is 4.79. The predicted molar refractivity (Wildman–Crippen MR) is 122 cm³/mol. The number of nitrogens with zero attached hydrogens (tertiary/aromatic N) is 5. The van der Waals surface area contributed by atoms with Gasteiger partial charge in [0, 0.05) is 36.2 Å². The highest BCUT2D eigenvalue weighted by atomic mass is 35.5. The standard InChI is InChI=1S/C21H21Cl2N5O2S/c1-2-26-7-9-27(10-8-26)17(14-6-5-13(22)12-15(14)23)18-20(29)28-21(31-18)24-19(25-28)16-4-3-11-30-16/h3-6,11-12,17,29H,2,7-10H2,1H3/t17-/m1/s1. The van der Waals surface area contributed by atoms with E-state index < -0.39 is 0 Å². The molecule has 1 N–H and O–H groups in total. The first-order chi connectivity index (χ1) is 15.0. The van der Waals surface area contributed by atoms with Crippen molar-refractivity contribution >= 4 is 39.5 Å². The van der Waals surface area contributed by atoms with Crippen molar-refractivity contribution in [3.05, 3.63) is 57.1 Å². The summed E-state index contributed by atoms with van der Waals surface area (Å²) in [7, 11) is 0. The molecule has 0 unspecified atom stereocenters. The fourth-order valence-electron chi connectivity index (χ4n) is 4.00. The van der Waals surface area contributed by atoms with Gasteiger partial charge < -0.3 is 14.4 Å². The van der Waals surface area contributed by atoms with E-state index in [1.165, 1.54) is 15.9 Å². The molecule has 3 aromatic heterocycles. The van der Waals surface area contributed by atoms with Crippen molar-refractivity contribution in [2.24, 2.45) is 0 Å². The van der Waals surface area contributed by atoms with Gasteiger partial charge in [0.05, 0.1) is 17.2 Å². The molecule has 4 heterocycles. The van der Waals surface area contributed by atoms with Gasteiger partial charge >= 0.3 is 0 Å². The molecule has 0 radical (unpaired) electrons. The van der Waals surface area contributed by atoms with Gasteiger partial charge in [-0.1, -0.05) is 47.5 Å². The number of fused-ring (bicyclic) bond motifs is 1. The van der Waals surface area contributed by atoms with Crippen molar-refractivity contribution in [2.45, 2.75) is 13.0 Å². The minimum Gasteiger partial charge on any atom is -0.492 e. The summed E-state index contributed by atoms with van der Waals surface area (Å²) in [5, 5.41) is 16.7. The fourth-order valence-corrected chi connectivity index (χ4v) is 5.62. The van der Waals surface area contributed by atoms with Gasteiger partial charge in [-0.05, 0) is 36.4 Å². The molecule has 31 heavy (non-hydrogen) atoms. The van der Waals surface area contributed by atoms with Gasteiger partial charge in [-0.3, -0.25) is 4.90 Å². The van der Waals surface area contributed by atoms with Crippen LogP contribution in [0, 0.1) is 0 Å². The maximum Gasteiger partial charge on any atom is 0.230 e. The lowest BCUT2D eigenvalue weighted by Crippen LogP contribution is -2.47. The molecule has 5 rings (SSSR count). The molecule has 1 aromatic carbocycles. The largest absolute Gasteiger partial charge is 0.492 e. The zero-order valence-electron chi connectivity index (χ0n) is 16.8. The van der Waals surface area contributed by atoms with Gasteiger partial charge in [-0.15, -0.1) is 5.10 Å². The Labute approximate surface area is 193 Å². The fraction of sp³-hybridized carbons (Fsp3) is 0.333. The van der Waals surface area contributed by atoms with Crippen molar-refractivity contribution in [3.8, 4) is 17.5 Å². The topological polar surface area (TPSA) is 70.0 Å². The van der Waals surface area contributed by atoms with Gasteiger partial charge in [0.2, 0.25) is 16.7 Å². The summed E-state index contributed by atoms with van der Waals surface area (Å²) in [5.41, 5.74) is 0.905. The lowest BCUT2D eigenvalue weighted by Gasteiger charge is -2.39. The number of thiazole rings is 1. The van der Waals surface area contributed by atoms with E-state index in [1.54, 1.807) is 24.5 Å². The monoisotopic (exact) mass is 477 g/mol. The van der Waals surface area contributed by atoms with E-state index in [0.29, 0.717) is 26.6 Å². The number of furan rings is 1. The van der Waals surface area contributed by atoms with E-state index in [9.17, 15) is 5.11 Å². The van der Waals surface area contributed by atoms with Gasteiger partial charge in [-0.2, -0.15) is 9.50 Å². The second-order valence-electron chi connectivity index (χ2n) is 7.44. The molecular weight excluding hydrogens is 457 g/mol. The average molecular weight is 478 g/mol. The Bertz CT molecular complexity index is 1200. The summed E-state index contributed by atoms with van der Waals surface area (Å²) in [6.07, 6.45) is 1.57. The molecule has 4 aromatic rings. The van der Waals surface area contributed by atoms with Crippen LogP contribution in [-0.2, 0) is 0 Å². The number of aromatic hydroxyl groups is 1. The summed E-state index contributed by atoms with van der Waals surface area (Å²) in [6.45, 7) is 6.85. The van der Waals surface area contributed by atoms with E-state index in [0.717, 1.165) is 43.2 Å². The van der Waals surface area contributed by atoms with E-state index in [4.69, 9.17) is 27.6 Å². The molecule has 7 nitrogen and oxygen atoms in total. The first kappa shape index (κ1) is 20.8. The first-order valence-corrected chi connectivity index (χ1v) is 11.7. The van der Waals surface area contributed by atoms with Crippen molar-refractivity contribution in [3.63, 3.8) is 0 Å². The second-order valence-corrected chi connectivity index (χ2v) is 9.29. The van der Waals surface area contributed by atoms with Crippen LogP contribution in [0.25, 0.3) is 16.5 Å². The molecule has 162 valence electrons. The highest BCUT2D eigenvalue weighted by Crippen LogP contribution is 2.43. The number of hydrogen-bond donors (Lipinski definition) is 1. The number of benzene rings is 1. The molecule has 1 aliphatic rings. The number of piperazine rings is 1. The van der Waals surface area contributed by atoms with Gasteiger partial charge in [-0.25, -0.2) is 0 Å². The summed E-state index contributed by atoms with van der Waals surface area (Å²) >= 11 is 14.2. The Hall–Kier alpha value is -2.10. The SMILES string of the molecule is CCN1CCN([C@H](c2ccc(Cl)cc2Cl)c2sc3nc(-c4ccco4)nn3c2O)CC1. The van der Waals surface area contributed by atoms with Gasteiger partial charge in [0.25, 0.3) is 0 Å². The Balaban J connectivity index is 1.58. The first-order valence-electron chi connectivity index (χ1n) is 10.1. The molecule has 1 aliphatic heterocycles. The van der Waals surface area contributed by atoms with Crippen LogP contribution in [0.2, 0.25) is 10.0 Å². The zero-order valence-corrected chi connectivity index (χ0v) is 19.2. The summed E-state index contributed by atoms with van der Waals surface area (Å²) in [6, 6.07) is 8.87. The van der Waals surface area contributed by atoms with E-state index in [-0.39, 0.29) is 11.9 Å². The third-order valence-electron chi connectivity index (χ3n) is 5.67. The van der Waals surface area contributed by atoms with Crippen molar-refractivity contribution in [1.29, 1.82) is 0 Å². The minimum absolute atomic E-state index is 0.0687. The highest BCUT2D eigenvalue weighted by molar-refractivity contribution is 7.17. The Morgan fingerprint density at radius 3 is 2.65 bits per heavy atom. The van der Waals surface area contributed by atoms with Crippen LogP contribution in [0.5, 0.6) is 5.88 Å². The quantitative estimate of drug-likeness (QED) is 0.445. The third kappa shape index (κ3) is 3.83. The van der Waals surface area contributed by atoms with E-state index in [2.05, 4.69) is 26.8 Å². The Morgan fingerprint density at radius 1 is 1.19 bits per heavy atom. The average Bonchev–Trinajstić information content (AvgIpc) is 3.49. The molecule has 0 saturated carbocycles. The zero-order chi connectivity index (χ0) is 21.5. The van der Waals surface area contributed by atoms with Crippen molar-refractivity contribution in [2.75, 3.05) is 32.7 Å². The van der Waals surface area contributed by atoms with Crippen LogP contribution < -0.4 is 0 Å². The van der Waals surface area contributed by atoms with Crippen LogP contribution in [0.15, 0.2) is 41.0 Å². The van der Waals surface area contributed by atoms with Crippen LogP contribution in [0.3, 0.4) is 0 Å². The molecule has 10 heteroatoms. The molecule has 1 atom stereocenters. The minimum atomic E-state index is -0.218. The van der Waals surface area contributed by atoms with Crippen molar-refractivity contribution < 1.29 is 9.52 Å². The maximum atomic E-state index is 11.1. The molecule has 0 bridgehead atoms. The second kappa shape index (κ2) is 8.44. The highest BCUT2D eigenvalue weighted by Gasteiger charge is 2.33. The van der Waals surface area contributed by atoms with Crippen LogP contribution in [0.1, 0.15) is 23.4 Å². The Morgan fingerprint density at radius 2 is 2.00 bits per heavy atom. The van der Waals surface area contributed by atoms with Crippen LogP contribution in [-0.4, -0.2) is 62.2 Å². The number of hydrogen-bond acceptors (Lipinski definition) is 7. The van der Waals surface area contributed by atoms with Crippen LogP contribution >= 0.6 is 34.5 Å². The number of likely N-dealkylation sites (N-methyl/N-ethyl adjacent to an activating group) is 1. The maximum absolute atomic E-state index is 11.1. The number of rotatable bonds is 5. The third-order valence-corrected chi connectivity index (χ3v) is 7.30. The van der Waals surface area contributed by atoms with Gasteiger partial charge in [0.15, 0.2) is 5.76 Å². The van der Waals surface area contributed by atoms with E-state index >= 15 is 0 Å². The smallest absolute Gasteiger partial charge is 0.230 e. The molecule has 0 aliphatic carbocycles. The molecule has 1 saturated heterocycles.